The van der Waals surface area contributed by atoms with E-state index in [-0.39, 0.29) is 11.3 Å². The minimum Gasteiger partial charge on any atom is -0.354 e. The van der Waals surface area contributed by atoms with E-state index in [1.807, 2.05) is 0 Å². The molecule has 2 heterocycles. The van der Waals surface area contributed by atoms with Gasteiger partial charge in [0.05, 0.1) is 17.6 Å². The van der Waals surface area contributed by atoms with E-state index in [4.69, 9.17) is 21.0 Å². The normalized spacial score (nSPS) is 11.1. The van der Waals surface area contributed by atoms with Gasteiger partial charge >= 0.3 is 5.97 Å². The molecular formula is C15H11ClN4O3S. The maximum Gasteiger partial charge on any atom is 0.371 e. The largest absolute Gasteiger partial charge is 0.371 e. The van der Waals surface area contributed by atoms with Gasteiger partial charge in [0, 0.05) is 5.02 Å². The van der Waals surface area contributed by atoms with E-state index in [0.717, 1.165) is 11.5 Å². The second-order valence-electron chi connectivity index (χ2n) is 4.83. The number of hydrogen-bond acceptors (Lipinski definition) is 8. The van der Waals surface area contributed by atoms with Gasteiger partial charge in [0.2, 0.25) is 0 Å². The van der Waals surface area contributed by atoms with Crippen molar-refractivity contribution >= 4 is 35.3 Å². The van der Waals surface area contributed by atoms with Gasteiger partial charge in [-0.1, -0.05) is 38.5 Å². The highest BCUT2D eigenvalue weighted by Crippen LogP contribution is 2.31. The number of benzene rings is 1. The van der Waals surface area contributed by atoms with E-state index in [0.29, 0.717) is 26.9 Å². The molecule has 1 aromatic carbocycles. The van der Waals surface area contributed by atoms with Crippen LogP contribution in [0, 0.1) is 13.8 Å². The van der Waals surface area contributed by atoms with Crippen LogP contribution in [0.1, 0.15) is 27.3 Å². The summed E-state index contributed by atoms with van der Waals surface area (Å²) < 4.78 is 9.06. The predicted octanol–water partition coefficient (Wildman–Crippen LogP) is 3.65. The van der Waals surface area contributed by atoms with E-state index in [1.54, 1.807) is 38.1 Å². The van der Waals surface area contributed by atoms with E-state index >= 15 is 0 Å². The summed E-state index contributed by atoms with van der Waals surface area (Å²) in [6.45, 7) is 3.41. The van der Waals surface area contributed by atoms with Gasteiger partial charge in [0.1, 0.15) is 10.4 Å². The second-order valence-corrected chi connectivity index (χ2v) is 6.02. The van der Waals surface area contributed by atoms with Crippen LogP contribution in [0.3, 0.4) is 0 Å². The van der Waals surface area contributed by atoms with Crippen LogP contribution in [0.4, 0.5) is 0 Å². The summed E-state index contributed by atoms with van der Waals surface area (Å²) in [6, 6.07) is 6.99. The van der Waals surface area contributed by atoms with Gasteiger partial charge in [0.15, 0.2) is 5.76 Å². The molecule has 0 aliphatic heterocycles. The molecule has 2 aromatic heterocycles. The van der Waals surface area contributed by atoms with E-state index in [9.17, 15) is 4.79 Å². The molecule has 0 bridgehead atoms. The van der Waals surface area contributed by atoms with Gasteiger partial charge in [-0.3, -0.25) is 0 Å². The highest BCUT2D eigenvalue weighted by atomic mass is 35.5. The lowest BCUT2D eigenvalue weighted by Crippen LogP contribution is -2.03. The van der Waals surface area contributed by atoms with E-state index in [2.05, 4.69) is 19.9 Å². The Kier molecular flexibility index (Phi) is 4.68. The summed E-state index contributed by atoms with van der Waals surface area (Å²) in [4.78, 5) is 17.9. The molecule has 0 aliphatic rings. The molecule has 3 rings (SSSR count). The molecule has 0 atom stereocenters. The zero-order valence-corrected chi connectivity index (χ0v) is 14.3. The van der Waals surface area contributed by atoms with Crippen molar-refractivity contribution in [3.05, 3.63) is 51.8 Å². The summed E-state index contributed by atoms with van der Waals surface area (Å²) in [5.41, 5.74) is 1.96. The first kappa shape index (κ1) is 16.3. The number of nitrogens with zero attached hydrogens (tertiary/aromatic N) is 4. The van der Waals surface area contributed by atoms with Crippen LogP contribution in [-0.4, -0.2) is 26.9 Å². The van der Waals surface area contributed by atoms with Crippen molar-refractivity contribution in [3.8, 4) is 10.6 Å². The summed E-state index contributed by atoms with van der Waals surface area (Å²) in [5, 5.41) is 12.0. The highest BCUT2D eigenvalue weighted by Gasteiger charge is 2.26. The van der Waals surface area contributed by atoms with Gasteiger partial charge in [0.25, 0.3) is 0 Å². The molecule has 0 unspecified atom stereocenters. The fourth-order valence-corrected chi connectivity index (χ4v) is 2.81. The van der Waals surface area contributed by atoms with Crippen molar-refractivity contribution in [3.63, 3.8) is 0 Å². The lowest BCUT2D eigenvalue weighted by Gasteiger charge is -1.98. The van der Waals surface area contributed by atoms with Gasteiger partial charge in [-0.15, -0.1) is 5.10 Å². The Morgan fingerprint density at radius 1 is 1.38 bits per heavy atom. The minimum atomic E-state index is -0.671. The average molecular weight is 363 g/mol. The fourth-order valence-electron chi connectivity index (χ4n) is 1.97. The van der Waals surface area contributed by atoms with Crippen LogP contribution in [0.15, 0.2) is 33.9 Å². The molecule has 7 nitrogen and oxygen atoms in total. The molecule has 122 valence electrons. The third-order valence-corrected chi connectivity index (χ3v) is 4.17. The third-order valence-electron chi connectivity index (χ3n) is 3.11. The second kappa shape index (κ2) is 6.90. The highest BCUT2D eigenvalue weighted by molar-refractivity contribution is 7.09. The molecule has 0 aliphatic carbocycles. The number of aryl methyl sites for hydroxylation is 2. The summed E-state index contributed by atoms with van der Waals surface area (Å²) in [7, 11) is 0. The predicted molar refractivity (Wildman–Crippen MR) is 89.3 cm³/mol. The van der Waals surface area contributed by atoms with Crippen LogP contribution < -0.4 is 0 Å². The van der Waals surface area contributed by atoms with Gasteiger partial charge in [-0.25, -0.2) is 4.79 Å². The summed E-state index contributed by atoms with van der Waals surface area (Å²) in [5.74, 6) is -0.391. The fraction of sp³-hybridized carbons (Fsp3) is 0.133. The lowest BCUT2D eigenvalue weighted by atomic mass is 10.1. The molecule has 0 spiro atoms. The Morgan fingerprint density at radius 2 is 2.21 bits per heavy atom. The Morgan fingerprint density at radius 3 is 2.92 bits per heavy atom. The van der Waals surface area contributed by atoms with E-state index in [1.165, 1.54) is 6.21 Å². The standard InChI is InChI=1S/C15H11ClN4O3S/c1-8-12(13(22-19-8)14-9(2)18-20-24-14)15(21)23-17-7-10-4-3-5-11(16)6-10/h3-7H,1-2H3/b17-7+. The molecule has 9 heteroatoms. The number of halogens is 1. The third kappa shape index (κ3) is 3.34. The topological polar surface area (TPSA) is 90.5 Å². The van der Waals surface area contributed by atoms with Crippen LogP contribution in [0.25, 0.3) is 10.6 Å². The molecule has 24 heavy (non-hydrogen) atoms. The van der Waals surface area contributed by atoms with Crippen LogP contribution in [0.2, 0.25) is 5.02 Å². The van der Waals surface area contributed by atoms with Gasteiger partial charge in [-0.2, -0.15) is 0 Å². The number of aromatic nitrogens is 3. The van der Waals surface area contributed by atoms with Crippen molar-refractivity contribution in [2.75, 3.05) is 0 Å². The van der Waals surface area contributed by atoms with Crippen molar-refractivity contribution < 1.29 is 14.2 Å². The van der Waals surface area contributed by atoms with E-state index < -0.39 is 5.97 Å². The summed E-state index contributed by atoms with van der Waals surface area (Å²) >= 11 is 6.99. The zero-order chi connectivity index (χ0) is 17.1. The molecule has 0 saturated carbocycles. The van der Waals surface area contributed by atoms with Gasteiger partial charge in [-0.05, 0) is 43.1 Å². The van der Waals surface area contributed by atoms with Crippen molar-refractivity contribution in [1.82, 2.24) is 14.7 Å². The molecular weight excluding hydrogens is 352 g/mol. The maximum absolute atomic E-state index is 12.3. The van der Waals surface area contributed by atoms with Crippen LogP contribution >= 0.6 is 23.1 Å². The SMILES string of the molecule is Cc1nnsc1-c1onc(C)c1C(=O)O/N=C/c1cccc(Cl)c1. The lowest BCUT2D eigenvalue weighted by molar-refractivity contribution is 0.0519. The first-order chi connectivity index (χ1) is 11.6. The monoisotopic (exact) mass is 362 g/mol. The number of hydrogen-bond donors (Lipinski definition) is 0. The van der Waals surface area contributed by atoms with Crippen LogP contribution in [-0.2, 0) is 4.84 Å². The molecule has 0 N–H and O–H groups in total. The molecule has 0 fully saturated rings. The molecule has 0 radical (unpaired) electrons. The number of carbonyl (C=O) groups excluding carboxylic acids is 1. The summed E-state index contributed by atoms with van der Waals surface area (Å²) in [6.07, 6.45) is 1.39. The Hall–Kier alpha value is -2.58. The number of carbonyl (C=O) groups is 1. The van der Waals surface area contributed by atoms with Crippen molar-refractivity contribution in [2.45, 2.75) is 13.8 Å². The van der Waals surface area contributed by atoms with Crippen molar-refractivity contribution in [1.29, 1.82) is 0 Å². The first-order valence-corrected chi connectivity index (χ1v) is 7.97. The smallest absolute Gasteiger partial charge is 0.354 e. The molecule has 0 saturated heterocycles. The Balaban J connectivity index is 1.81. The Bertz CT molecular complexity index is 919. The molecule has 3 aromatic rings. The van der Waals surface area contributed by atoms with Crippen LogP contribution in [0.5, 0.6) is 0 Å². The minimum absolute atomic E-state index is 0.201. The average Bonchev–Trinajstić information content (AvgIpc) is 3.12. The molecule has 0 amide bonds. The number of rotatable bonds is 4. The zero-order valence-electron chi connectivity index (χ0n) is 12.7. The Labute approximate surface area is 146 Å². The first-order valence-electron chi connectivity index (χ1n) is 6.82. The van der Waals surface area contributed by atoms with Crippen molar-refractivity contribution in [2.24, 2.45) is 5.16 Å². The quantitative estimate of drug-likeness (QED) is 0.399. The number of oxime groups is 1. The van der Waals surface area contributed by atoms with Gasteiger partial charge < -0.3 is 9.36 Å². The maximum atomic E-state index is 12.3.